The van der Waals surface area contributed by atoms with Gasteiger partial charge in [0.1, 0.15) is 11.9 Å². The molecule has 0 unspecified atom stereocenters. The molecule has 170 valence electrons. The maximum absolute atomic E-state index is 11.6. The molecule has 3 N–H and O–H groups in total. The number of rotatable bonds is 10. The highest BCUT2D eigenvalue weighted by Crippen LogP contribution is 2.31. The summed E-state index contributed by atoms with van der Waals surface area (Å²) < 4.78 is 5.53. The molecule has 6 atom stereocenters. The fraction of sp³-hybridized carbons (Fsp3) is 0.480. The summed E-state index contributed by atoms with van der Waals surface area (Å²) in [6.45, 7) is 6.05. The van der Waals surface area contributed by atoms with Gasteiger partial charge in [0.2, 0.25) is 0 Å². The molecule has 0 radical (unpaired) electrons. The number of cyclic esters (lactones) is 1. The molecule has 0 aliphatic carbocycles. The second-order valence-electron chi connectivity index (χ2n) is 8.32. The van der Waals surface area contributed by atoms with Gasteiger partial charge in [0.15, 0.2) is 0 Å². The summed E-state index contributed by atoms with van der Waals surface area (Å²) in [5.41, 5.74) is 0.673. The molecule has 1 aliphatic heterocycles. The van der Waals surface area contributed by atoms with E-state index in [2.05, 4.69) is 6.92 Å². The van der Waals surface area contributed by atoms with E-state index in [1.807, 2.05) is 19.9 Å². The van der Waals surface area contributed by atoms with Gasteiger partial charge >= 0.3 is 5.97 Å². The fourth-order valence-electron chi connectivity index (χ4n) is 3.93. The second kappa shape index (κ2) is 12.1. The Morgan fingerprint density at radius 1 is 1.19 bits per heavy atom. The first-order valence-electron chi connectivity index (χ1n) is 10.8. The normalized spacial score (nSPS) is 23.1. The molecule has 0 saturated carbocycles. The number of hydrogen-bond acceptors (Lipinski definition) is 5. The SMILES string of the molecule is CC[C@@H]1C=CC(=O)O[C@@H]1[C@H](C)C[C@@H](C)[C@@H](O)C[C@H](O)C=CC=Cc1cccc(O)c1Cl. The molecule has 0 fully saturated rings. The molecule has 0 aromatic heterocycles. The van der Waals surface area contributed by atoms with Gasteiger partial charge in [-0.2, -0.15) is 0 Å². The standard InChI is InChI=1S/C25H33ClO5/c1-4-18-12-13-23(30)31-25(18)17(3)14-16(2)22(29)15-20(27)10-6-5-8-19-9-7-11-21(28)24(19)26/h5-13,16-18,20,22,25,27-29H,4,14-15H2,1-3H3/t16-,17-,18-,20-,22+,25-/m1/s1. The lowest BCUT2D eigenvalue weighted by molar-refractivity contribution is -0.150. The number of phenolic OH excluding ortho intramolecular Hbond substituents is 1. The summed E-state index contributed by atoms with van der Waals surface area (Å²) in [5.74, 6) is -0.0517. The lowest BCUT2D eigenvalue weighted by Crippen LogP contribution is -2.36. The van der Waals surface area contributed by atoms with Crippen molar-refractivity contribution >= 4 is 23.6 Å². The molecule has 2 rings (SSSR count). The number of aliphatic hydroxyl groups excluding tert-OH is 2. The molecule has 1 aliphatic rings. The number of carbonyl (C=O) groups is 1. The van der Waals surface area contributed by atoms with Crippen molar-refractivity contribution in [3.05, 3.63) is 59.2 Å². The van der Waals surface area contributed by atoms with E-state index in [-0.39, 0.29) is 47.0 Å². The van der Waals surface area contributed by atoms with Crippen molar-refractivity contribution in [1.82, 2.24) is 0 Å². The average Bonchev–Trinajstić information content (AvgIpc) is 2.73. The van der Waals surface area contributed by atoms with Gasteiger partial charge in [0.05, 0.1) is 17.2 Å². The van der Waals surface area contributed by atoms with Crippen LogP contribution in [0.15, 0.2) is 48.6 Å². The minimum atomic E-state index is -0.795. The number of aromatic hydroxyl groups is 1. The fourth-order valence-corrected chi connectivity index (χ4v) is 4.12. The number of phenols is 1. The van der Waals surface area contributed by atoms with Gasteiger partial charge in [-0.1, -0.05) is 74.9 Å². The first kappa shape index (κ1) is 25.2. The molecular weight excluding hydrogens is 416 g/mol. The monoisotopic (exact) mass is 448 g/mol. The van der Waals surface area contributed by atoms with E-state index in [1.165, 1.54) is 12.1 Å². The van der Waals surface area contributed by atoms with Crippen LogP contribution in [-0.2, 0) is 9.53 Å². The van der Waals surface area contributed by atoms with Crippen molar-refractivity contribution in [2.24, 2.45) is 17.8 Å². The molecule has 0 bridgehead atoms. The van der Waals surface area contributed by atoms with Crippen molar-refractivity contribution in [2.75, 3.05) is 0 Å². The molecule has 5 nitrogen and oxygen atoms in total. The quantitative estimate of drug-likeness (QED) is 0.350. The van der Waals surface area contributed by atoms with Crippen LogP contribution in [0.4, 0.5) is 0 Å². The van der Waals surface area contributed by atoms with Gasteiger partial charge < -0.3 is 20.1 Å². The lowest BCUT2D eigenvalue weighted by atomic mass is 9.81. The van der Waals surface area contributed by atoms with Gasteiger partial charge in [0, 0.05) is 18.4 Å². The number of halogens is 1. The first-order chi connectivity index (χ1) is 14.7. The molecular formula is C25H33ClO5. The zero-order chi connectivity index (χ0) is 23.0. The summed E-state index contributed by atoms with van der Waals surface area (Å²) in [5, 5.41) is 30.6. The van der Waals surface area contributed by atoms with E-state index >= 15 is 0 Å². The van der Waals surface area contributed by atoms with E-state index in [1.54, 1.807) is 36.4 Å². The van der Waals surface area contributed by atoms with Crippen LogP contribution in [0.2, 0.25) is 5.02 Å². The third kappa shape index (κ3) is 7.53. The Kier molecular flexibility index (Phi) is 9.82. The largest absolute Gasteiger partial charge is 0.506 e. The number of carbonyl (C=O) groups excluding carboxylic acids is 1. The smallest absolute Gasteiger partial charge is 0.330 e. The summed E-state index contributed by atoms with van der Waals surface area (Å²) in [4.78, 5) is 11.6. The van der Waals surface area contributed by atoms with Crippen LogP contribution in [0.1, 0.15) is 45.6 Å². The predicted octanol–water partition coefficient (Wildman–Crippen LogP) is 4.90. The lowest BCUT2D eigenvalue weighted by Gasteiger charge is -2.33. The molecule has 1 aromatic rings. The Morgan fingerprint density at radius 2 is 1.94 bits per heavy atom. The minimum Gasteiger partial charge on any atom is -0.506 e. The number of esters is 1. The zero-order valence-electron chi connectivity index (χ0n) is 18.3. The number of hydrogen-bond donors (Lipinski definition) is 3. The van der Waals surface area contributed by atoms with Crippen LogP contribution >= 0.6 is 11.6 Å². The number of ether oxygens (including phenoxy) is 1. The third-order valence-electron chi connectivity index (χ3n) is 5.80. The van der Waals surface area contributed by atoms with Crippen LogP contribution in [0.5, 0.6) is 5.75 Å². The third-order valence-corrected chi connectivity index (χ3v) is 6.21. The predicted molar refractivity (Wildman–Crippen MR) is 124 cm³/mol. The maximum atomic E-state index is 11.6. The van der Waals surface area contributed by atoms with Crippen molar-refractivity contribution < 1.29 is 24.9 Å². The summed E-state index contributed by atoms with van der Waals surface area (Å²) in [6.07, 6.45) is 10.3. The number of aliphatic hydroxyl groups is 2. The van der Waals surface area contributed by atoms with Crippen LogP contribution in [0.25, 0.3) is 6.08 Å². The van der Waals surface area contributed by atoms with Crippen LogP contribution in [0.3, 0.4) is 0 Å². The first-order valence-corrected chi connectivity index (χ1v) is 11.2. The van der Waals surface area contributed by atoms with E-state index < -0.39 is 12.2 Å². The Balaban J connectivity index is 1.84. The number of allylic oxidation sites excluding steroid dienone is 2. The Morgan fingerprint density at radius 3 is 2.65 bits per heavy atom. The van der Waals surface area contributed by atoms with Crippen molar-refractivity contribution in [1.29, 1.82) is 0 Å². The molecule has 0 amide bonds. The van der Waals surface area contributed by atoms with E-state index in [0.717, 1.165) is 6.42 Å². The summed E-state index contributed by atoms with van der Waals surface area (Å²) in [7, 11) is 0. The molecule has 1 aromatic carbocycles. The molecule has 0 spiro atoms. The highest BCUT2D eigenvalue weighted by Gasteiger charge is 2.32. The Bertz CT molecular complexity index is 816. The van der Waals surface area contributed by atoms with Gasteiger partial charge in [-0.15, -0.1) is 0 Å². The number of benzene rings is 1. The Hall–Kier alpha value is -2.08. The maximum Gasteiger partial charge on any atom is 0.330 e. The highest BCUT2D eigenvalue weighted by atomic mass is 35.5. The summed E-state index contributed by atoms with van der Waals surface area (Å²) in [6, 6.07) is 4.99. The average molecular weight is 449 g/mol. The summed E-state index contributed by atoms with van der Waals surface area (Å²) >= 11 is 6.02. The van der Waals surface area contributed by atoms with Gasteiger partial charge in [-0.3, -0.25) is 0 Å². The molecule has 6 heteroatoms. The van der Waals surface area contributed by atoms with E-state index in [4.69, 9.17) is 16.3 Å². The topological polar surface area (TPSA) is 87.0 Å². The highest BCUT2D eigenvalue weighted by molar-refractivity contribution is 6.33. The van der Waals surface area contributed by atoms with Crippen LogP contribution < -0.4 is 0 Å². The molecule has 31 heavy (non-hydrogen) atoms. The second-order valence-corrected chi connectivity index (χ2v) is 8.70. The minimum absolute atomic E-state index is 0.0171. The van der Waals surface area contributed by atoms with Gasteiger partial charge in [0.25, 0.3) is 0 Å². The molecule has 1 heterocycles. The zero-order valence-corrected chi connectivity index (χ0v) is 19.1. The van der Waals surface area contributed by atoms with Crippen molar-refractivity contribution in [3.8, 4) is 5.75 Å². The van der Waals surface area contributed by atoms with Crippen molar-refractivity contribution in [3.63, 3.8) is 0 Å². The van der Waals surface area contributed by atoms with E-state index in [0.29, 0.717) is 12.0 Å². The van der Waals surface area contributed by atoms with Gasteiger partial charge in [-0.05, 0) is 36.3 Å². The Labute approximate surface area is 189 Å². The van der Waals surface area contributed by atoms with E-state index in [9.17, 15) is 20.1 Å². The van der Waals surface area contributed by atoms with Crippen molar-refractivity contribution in [2.45, 2.75) is 58.3 Å². The van der Waals surface area contributed by atoms with Crippen LogP contribution in [0, 0.1) is 17.8 Å². The molecule has 0 saturated heterocycles. The van der Waals surface area contributed by atoms with Gasteiger partial charge in [-0.25, -0.2) is 4.79 Å². The van der Waals surface area contributed by atoms with Crippen LogP contribution in [-0.4, -0.2) is 39.6 Å².